The molecule has 30 heavy (non-hydrogen) atoms. The lowest BCUT2D eigenvalue weighted by Gasteiger charge is -2.19. The molecule has 0 amide bonds. The molecule has 3 aromatic carbocycles. The zero-order valence-corrected chi connectivity index (χ0v) is 16.2. The fraction of sp³-hybridized carbons (Fsp3) is 0.174. The Morgan fingerprint density at radius 1 is 0.800 bits per heavy atom. The molecular weight excluding hydrogens is 386 g/mol. The highest BCUT2D eigenvalue weighted by molar-refractivity contribution is 5.93. The van der Waals surface area contributed by atoms with Crippen LogP contribution in [0.2, 0.25) is 0 Å². The van der Waals surface area contributed by atoms with Crippen molar-refractivity contribution in [3.63, 3.8) is 0 Å². The maximum Gasteiger partial charge on any atom is 0.345 e. The average Bonchev–Trinajstić information content (AvgIpc) is 2.79. The molecule has 3 aromatic rings. The van der Waals surface area contributed by atoms with E-state index in [1.165, 1.54) is 18.2 Å². The van der Waals surface area contributed by atoms with Crippen LogP contribution in [-0.2, 0) is 27.4 Å². The molecule has 0 aliphatic heterocycles. The van der Waals surface area contributed by atoms with Gasteiger partial charge in [-0.25, -0.2) is 4.79 Å². The van der Waals surface area contributed by atoms with E-state index in [1.54, 1.807) is 6.07 Å². The molecule has 0 atom stereocenters. The number of nitro groups is 1. The number of carbonyl (C=O) groups excluding carboxylic acids is 1. The second-order valence-corrected chi connectivity index (χ2v) is 6.40. The fourth-order valence-corrected chi connectivity index (χ4v) is 2.70. The van der Waals surface area contributed by atoms with E-state index in [1.807, 2.05) is 60.7 Å². The third kappa shape index (κ3) is 6.23. The van der Waals surface area contributed by atoms with Gasteiger partial charge in [-0.3, -0.25) is 10.1 Å². The van der Waals surface area contributed by atoms with E-state index in [9.17, 15) is 14.9 Å². The standard InChI is InChI=1S/C23H21NO6/c25-23(20-13-7-8-14-21(20)24(26)27)30-17-22(28-15-18-9-3-1-4-10-18)29-16-19-11-5-2-6-12-19/h1-14,22H,15-17H2. The van der Waals surface area contributed by atoms with E-state index in [4.69, 9.17) is 14.2 Å². The monoisotopic (exact) mass is 407 g/mol. The van der Waals surface area contributed by atoms with Crippen LogP contribution in [-0.4, -0.2) is 23.8 Å². The SMILES string of the molecule is O=C(OCC(OCc1ccccc1)OCc1ccccc1)c1ccccc1[N+](=O)[O-]. The van der Waals surface area contributed by atoms with E-state index in [-0.39, 0.29) is 31.1 Å². The number of para-hydroxylation sites is 1. The highest BCUT2D eigenvalue weighted by atomic mass is 16.7. The molecule has 0 unspecified atom stereocenters. The van der Waals surface area contributed by atoms with Crippen molar-refractivity contribution in [1.82, 2.24) is 0 Å². The van der Waals surface area contributed by atoms with Crippen LogP contribution in [0.5, 0.6) is 0 Å². The Kier molecular flexibility index (Phi) is 7.65. The highest BCUT2D eigenvalue weighted by Crippen LogP contribution is 2.19. The topological polar surface area (TPSA) is 87.9 Å². The van der Waals surface area contributed by atoms with Gasteiger partial charge >= 0.3 is 5.97 Å². The van der Waals surface area contributed by atoms with Crippen LogP contribution in [0.3, 0.4) is 0 Å². The molecule has 0 radical (unpaired) electrons. The minimum atomic E-state index is -0.836. The van der Waals surface area contributed by atoms with Crippen molar-refractivity contribution in [2.75, 3.05) is 6.61 Å². The number of benzene rings is 3. The zero-order valence-electron chi connectivity index (χ0n) is 16.2. The molecule has 0 aliphatic carbocycles. The van der Waals surface area contributed by atoms with Crippen LogP contribution in [0.4, 0.5) is 5.69 Å². The Morgan fingerprint density at radius 2 is 1.30 bits per heavy atom. The summed E-state index contributed by atoms with van der Waals surface area (Å²) in [4.78, 5) is 22.9. The van der Waals surface area contributed by atoms with E-state index < -0.39 is 17.2 Å². The van der Waals surface area contributed by atoms with E-state index >= 15 is 0 Å². The Hall–Kier alpha value is -3.55. The lowest BCUT2D eigenvalue weighted by atomic mass is 10.2. The average molecular weight is 407 g/mol. The van der Waals surface area contributed by atoms with Crippen LogP contribution < -0.4 is 0 Å². The minimum absolute atomic E-state index is 0.118. The van der Waals surface area contributed by atoms with Crippen molar-refractivity contribution in [2.24, 2.45) is 0 Å². The Balaban J connectivity index is 1.63. The van der Waals surface area contributed by atoms with Crippen LogP contribution in [0.15, 0.2) is 84.9 Å². The first kappa shape index (κ1) is 21.2. The van der Waals surface area contributed by atoms with Gasteiger partial charge in [0.15, 0.2) is 6.29 Å². The number of rotatable bonds is 10. The summed E-state index contributed by atoms with van der Waals surface area (Å²) >= 11 is 0. The normalized spacial score (nSPS) is 10.7. The Morgan fingerprint density at radius 3 is 1.83 bits per heavy atom. The van der Waals surface area contributed by atoms with Gasteiger partial charge in [0, 0.05) is 6.07 Å². The summed E-state index contributed by atoms with van der Waals surface area (Å²) in [5.41, 5.74) is 1.45. The molecule has 0 aliphatic rings. The largest absolute Gasteiger partial charge is 0.456 e. The van der Waals surface area contributed by atoms with Crippen LogP contribution >= 0.6 is 0 Å². The number of nitro benzene ring substituents is 1. The minimum Gasteiger partial charge on any atom is -0.456 e. The van der Waals surface area contributed by atoms with Crippen LogP contribution in [0.1, 0.15) is 21.5 Å². The molecule has 7 nitrogen and oxygen atoms in total. The summed E-state index contributed by atoms with van der Waals surface area (Å²) in [6.07, 6.45) is -0.836. The first-order valence-electron chi connectivity index (χ1n) is 9.35. The molecule has 0 N–H and O–H groups in total. The van der Waals surface area contributed by atoms with Gasteiger partial charge in [-0.05, 0) is 17.2 Å². The van der Waals surface area contributed by atoms with Crippen molar-refractivity contribution >= 4 is 11.7 Å². The van der Waals surface area contributed by atoms with Crippen molar-refractivity contribution in [1.29, 1.82) is 0 Å². The summed E-state index contributed by atoms with van der Waals surface area (Å²) < 4.78 is 16.8. The molecule has 0 heterocycles. The van der Waals surface area contributed by atoms with Gasteiger partial charge in [0.05, 0.1) is 18.1 Å². The molecule has 0 saturated carbocycles. The van der Waals surface area contributed by atoms with Gasteiger partial charge in [0.2, 0.25) is 0 Å². The second-order valence-electron chi connectivity index (χ2n) is 6.40. The van der Waals surface area contributed by atoms with Gasteiger partial charge in [-0.15, -0.1) is 0 Å². The summed E-state index contributed by atoms with van der Waals surface area (Å²) in [6.45, 7) is 0.331. The molecule has 0 spiro atoms. The molecule has 0 fully saturated rings. The molecule has 0 aromatic heterocycles. The summed E-state index contributed by atoms with van der Waals surface area (Å²) in [5, 5.41) is 11.1. The second kappa shape index (κ2) is 10.8. The van der Waals surface area contributed by atoms with Gasteiger partial charge in [-0.2, -0.15) is 0 Å². The van der Waals surface area contributed by atoms with Gasteiger partial charge in [0.1, 0.15) is 12.2 Å². The molecule has 154 valence electrons. The highest BCUT2D eigenvalue weighted by Gasteiger charge is 2.22. The van der Waals surface area contributed by atoms with E-state index in [0.29, 0.717) is 0 Å². The number of esters is 1. The maximum absolute atomic E-state index is 12.4. The lowest BCUT2D eigenvalue weighted by Crippen LogP contribution is -2.25. The number of carbonyl (C=O) groups is 1. The molecule has 7 heteroatoms. The number of ether oxygens (including phenoxy) is 3. The maximum atomic E-state index is 12.4. The van der Waals surface area contributed by atoms with Gasteiger partial charge in [0.25, 0.3) is 5.69 Å². The zero-order chi connectivity index (χ0) is 21.2. The first-order chi connectivity index (χ1) is 14.6. The fourth-order valence-electron chi connectivity index (χ4n) is 2.70. The Bertz CT molecular complexity index is 918. The van der Waals surface area contributed by atoms with E-state index in [2.05, 4.69) is 0 Å². The van der Waals surface area contributed by atoms with Gasteiger partial charge in [-0.1, -0.05) is 72.8 Å². The first-order valence-corrected chi connectivity index (χ1v) is 9.35. The van der Waals surface area contributed by atoms with Crippen LogP contribution in [0.25, 0.3) is 0 Å². The molecular formula is C23H21NO6. The van der Waals surface area contributed by atoms with Crippen molar-refractivity contribution in [3.05, 3.63) is 112 Å². The number of hydrogen-bond donors (Lipinski definition) is 0. The smallest absolute Gasteiger partial charge is 0.345 e. The van der Waals surface area contributed by atoms with Crippen molar-refractivity contribution in [2.45, 2.75) is 19.5 Å². The summed E-state index contributed by atoms with van der Waals surface area (Å²) in [6, 6.07) is 24.7. The quantitative estimate of drug-likeness (QED) is 0.213. The van der Waals surface area contributed by atoms with E-state index in [0.717, 1.165) is 11.1 Å². The summed E-state index contributed by atoms with van der Waals surface area (Å²) in [7, 11) is 0. The molecule has 0 saturated heterocycles. The predicted octanol–water partition coefficient (Wildman–Crippen LogP) is 4.51. The van der Waals surface area contributed by atoms with Crippen LogP contribution in [0, 0.1) is 10.1 Å². The third-order valence-corrected chi connectivity index (χ3v) is 4.23. The number of hydrogen-bond acceptors (Lipinski definition) is 6. The van der Waals surface area contributed by atoms with Crippen molar-refractivity contribution < 1.29 is 23.9 Å². The molecule has 0 bridgehead atoms. The van der Waals surface area contributed by atoms with Crippen molar-refractivity contribution in [3.8, 4) is 0 Å². The van der Waals surface area contributed by atoms with Gasteiger partial charge < -0.3 is 14.2 Å². The predicted molar refractivity (Wildman–Crippen MR) is 110 cm³/mol. The Labute approximate surface area is 174 Å². The molecule has 3 rings (SSSR count). The third-order valence-electron chi connectivity index (χ3n) is 4.23. The lowest BCUT2D eigenvalue weighted by molar-refractivity contribution is -0.385. The number of nitrogens with zero attached hydrogens (tertiary/aromatic N) is 1. The summed E-state index contributed by atoms with van der Waals surface area (Å²) in [5.74, 6) is -0.807.